The van der Waals surface area contributed by atoms with Crippen LogP contribution in [-0.2, 0) is 0 Å². The van der Waals surface area contributed by atoms with Crippen LogP contribution in [0, 0.1) is 0 Å². The van der Waals surface area contributed by atoms with E-state index in [9.17, 15) is 4.79 Å². The van der Waals surface area contributed by atoms with Gasteiger partial charge in [-0.1, -0.05) is 17.7 Å². The van der Waals surface area contributed by atoms with Crippen molar-refractivity contribution < 1.29 is 0 Å². The number of H-pyrrole nitrogens is 1. The number of aromatic amines is 1. The molecule has 2 aromatic heterocycles. The van der Waals surface area contributed by atoms with Gasteiger partial charge in [0.25, 0.3) is 5.56 Å². The molecule has 7 heteroatoms. The Morgan fingerprint density at radius 3 is 2.55 bits per heavy atom. The highest BCUT2D eigenvalue weighted by molar-refractivity contribution is 6.32. The number of pyridine rings is 1. The molecule has 0 bridgehead atoms. The molecule has 3 rings (SSSR count). The van der Waals surface area contributed by atoms with Gasteiger partial charge in [-0.3, -0.25) is 4.79 Å². The lowest BCUT2D eigenvalue weighted by atomic mass is 10.3. The van der Waals surface area contributed by atoms with Crippen LogP contribution in [-0.4, -0.2) is 41.1 Å². The monoisotopic (exact) mass is 291 g/mol. The maximum Gasteiger partial charge on any atom is 0.271 e. The fourth-order valence-corrected chi connectivity index (χ4v) is 2.51. The molecule has 1 N–H and O–H groups in total. The summed E-state index contributed by atoms with van der Waals surface area (Å²) >= 11 is 6.01. The number of nitrogens with one attached hydrogen (secondary N) is 1. The largest absolute Gasteiger partial charge is 0.353 e. The average Bonchev–Trinajstić information content (AvgIpc) is 2.51. The van der Waals surface area contributed by atoms with Crippen molar-refractivity contribution in [1.29, 1.82) is 0 Å². The summed E-state index contributed by atoms with van der Waals surface area (Å²) in [6.45, 7) is 3.16. The molecule has 0 unspecified atom stereocenters. The molecule has 104 valence electrons. The van der Waals surface area contributed by atoms with E-state index in [1.54, 1.807) is 6.20 Å². The first-order valence-corrected chi connectivity index (χ1v) is 6.77. The summed E-state index contributed by atoms with van der Waals surface area (Å²) in [5.41, 5.74) is -0.302. The predicted octanol–water partition coefficient (Wildman–Crippen LogP) is 1.14. The van der Waals surface area contributed by atoms with Crippen LogP contribution in [0.1, 0.15) is 0 Å². The molecule has 1 saturated heterocycles. The molecule has 3 heterocycles. The number of halogens is 1. The van der Waals surface area contributed by atoms with Crippen molar-refractivity contribution in [3.05, 3.63) is 46.1 Å². The quantitative estimate of drug-likeness (QED) is 0.899. The second-order valence-electron chi connectivity index (χ2n) is 4.53. The normalized spacial score (nSPS) is 15.4. The SMILES string of the molecule is O=c1[nH]cnc(N2CCN(c3ccccn3)CC2)c1Cl. The summed E-state index contributed by atoms with van der Waals surface area (Å²) in [5, 5.41) is 0.152. The molecule has 1 aliphatic rings. The highest BCUT2D eigenvalue weighted by Crippen LogP contribution is 2.21. The number of hydrogen-bond donors (Lipinski definition) is 1. The molecule has 0 saturated carbocycles. The van der Waals surface area contributed by atoms with Crippen molar-refractivity contribution in [3.8, 4) is 0 Å². The van der Waals surface area contributed by atoms with E-state index in [2.05, 4.69) is 19.9 Å². The van der Waals surface area contributed by atoms with Crippen LogP contribution in [0.3, 0.4) is 0 Å². The van der Waals surface area contributed by atoms with Crippen LogP contribution in [0.2, 0.25) is 5.02 Å². The number of nitrogens with zero attached hydrogens (tertiary/aromatic N) is 4. The summed E-state index contributed by atoms with van der Waals surface area (Å²) in [7, 11) is 0. The van der Waals surface area contributed by atoms with Gasteiger partial charge in [0.05, 0.1) is 6.33 Å². The smallest absolute Gasteiger partial charge is 0.271 e. The molecule has 0 aliphatic carbocycles. The van der Waals surface area contributed by atoms with Crippen LogP contribution in [0.5, 0.6) is 0 Å². The highest BCUT2D eigenvalue weighted by Gasteiger charge is 2.21. The summed E-state index contributed by atoms with van der Waals surface area (Å²) < 4.78 is 0. The topological polar surface area (TPSA) is 65.1 Å². The van der Waals surface area contributed by atoms with Crippen molar-refractivity contribution in [2.75, 3.05) is 36.0 Å². The Labute approximate surface area is 121 Å². The molecule has 0 aromatic carbocycles. The van der Waals surface area contributed by atoms with Gasteiger partial charge in [0.15, 0.2) is 5.82 Å². The van der Waals surface area contributed by atoms with E-state index in [0.29, 0.717) is 5.82 Å². The summed E-state index contributed by atoms with van der Waals surface area (Å²) in [6.07, 6.45) is 3.17. The van der Waals surface area contributed by atoms with E-state index >= 15 is 0 Å². The van der Waals surface area contributed by atoms with Crippen LogP contribution in [0.25, 0.3) is 0 Å². The molecule has 1 fully saturated rings. The Bertz CT molecular complexity index is 637. The van der Waals surface area contributed by atoms with Gasteiger partial charge in [0.2, 0.25) is 0 Å². The maximum absolute atomic E-state index is 11.5. The van der Waals surface area contributed by atoms with Gasteiger partial charge in [-0.25, -0.2) is 9.97 Å². The van der Waals surface area contributed by atoms with E-state index in [4.69, 9.17) is 11.6 Å². The van der Waals surface area contributed by atoms with Gasteiger partial charge in [-0.15, -0.1) is 0 Å². The molecule has 0 atom stereocenters. The molecule has 1 aliphatic heterocycles. The Kier molecular flexibility index (Phi) is 3.56. The second kappa shape index (κ2) is 5.50. The van der Waals surface area contributed by atoms with E-state index in [1.807, 2.05) is 23.1 Å². The molecule has 0 amide bonds. The third-order valence-electron chi connectivity index (χ3n) is 3.33. The lowest BCUT2D eigenvalue weighted by Gasteiger charge is -2.36. The predicted molar refractivity (Wildman–Crippen MR) is 78.5 cm³/mol. The van der Waals surface area contributed by atoms with E-state index in [0.717, 1.165) is 32.0 Å². The minimum atomic E-state index is -0.302. The number of anilines is 2. The molecule has 2 aromatic rings. The first-order valence-electron chi connectivity index (χ1n) is 6.40. The molecular formula is C13H14ClN5O. The number of rotatable bonds is 2. The Morgan fingerprint density at radius 2 is 1.85 bits per heavy atom. The first-order chi connectivity index (χ1) is 9.75. The van der Waals surface area contributed by atoms with Gasteiger partial charge in [-0.05, 0) is 12.1 Å². The third kappa shape index (κ3) is 2.46. The van der Waals surface area contributed by atoms with Crippen molar-refractivity contribution in [2.45, 2.75) is 0 Å². The van der Waals surface area contributed by atoms with Crippen LogP contribution < -0.4 is 15.4 Å². The molecule has 0 radical (unpaired) electrons. The molecule has 20 heavy (non-hydrogen) atoms. The van der Waals surface area contributed by atoms with E-state index in [1.165, 1.54) is 6.33 Å². The zero-order valence-electron chi connectivity index (χ0n) is 10.8. The minimum absolute atomic E-state index is 0.152. The average molecular weight is 292 g/mol. The van der Waals surface area contributed by atoms with Gasteiger partial charge < -0.3 is 14.8 Å². The third-order valence-corrected chi connectivity index (χ3v) is 3.67. The first kappa shape index (κ1) is 12.9. The molecule has 6 nitrogen and oxygen atoms in total. The minimum Gasteiger partial charge on any atom is -0.353 e. The fraction of sp³-hybridized carbons (Fsp3) is 0.308. The number of aromatic nitrogens is 3. The summed E-state index contributed by atoms with van der Waals surface area (Å²) in [6, 6.07) is 5.87. The standard InChI is InChI=1S/C13H14ClN5O/c14-11-12(16-9-17-13(11)20)19-7-5-18(6-8-19)10-3-1-2-4-15-10/h1-4,9H,5-8H2,(H,16,17,20). The zero-order chi connectivity index (χ0) is 13.9. The molecule has 0 spiro atoms. The van der Waals surface area contributed by atoms with Gasteiger partial charge in [0.1, 0.15) is 10.8 Å². The van der Waals surface area contributed by atoms with Crippen molar-refractivity contribution in [1.82, 2.24) is 15.0 Å². The maximum atomic E-state index is 11.5. The lowest BCUT2D eigenvalue weighted by Crippen LogP contribution is -2.47. The second-order valence-corrected chi connectivity index (χ2v) is 4.91. The van der Waals surface area contributed by atoms with Gasteiger partial charge in [0, 0.05) is 32.4 Å². The van der Waals surface area contributed by atoms with Gasteiger partial charge in [-0.2, -0.15) is 0 Å². The number of piperazine rings is 1. The highest BCUT2D eigenvalue weighted by atomic mass is 35.5. The lowest BCUT2D eigenvalue weighted by molar-refractivity contribution is 0.640. The van der Waals surface area contributed by atoms with Crippen molar-refractivity contribution >= 4 is 23.2 Å². The van der Waals surface area contributed by atoms with Crippen molar-refractivity contribution in [3.63, 3.8) is 0 Å². The Hall–Kier alpha value is -2.08. The zero-order valence-corrected chi connectivity index (χ0v) is 11.5. The van der Waals surface area contributed by atoms with Crippen molar-refractivity contribution in [2.24, 2.45) is 0 Å². The van der Waals surface area contributed by atoms with Gasteiger partial charge >= 0.3 is 0 Å². The molecular weight excluding hydrogens is 278 g/mol. The number of hydrogen-bond acceptors (Lipinski definition) is 5. The fourth-order valence-electron chi connectivity index (χ4n) is 2.28. The van der Waals surface area contributed by atoms with Crippen LogP contribution in [0.4, 0.5) is 11.6 Å². The summed E-state index contributed by atoms with van der Waals surface area (Å²) in [4.78, 5) is 26.7. The van der Waals surface area contributed by atoms with E-state index < -0.39 is 0 Å². The Balaban J connectivity index is 1.73. The Morgan fingerprint density at radius 1 is 1.10 bits per heavy atom. The van der Waals surface area contributed by atoms with E-state index in [-0.39, 0.29) is 10.6 Å². The van der Waals surface area contributed by atoms with Crippen LogP contribution in [0.15, 0.2) is 35.5 Å². The summed E-state index contributed by atoms with van der Waals surface area (Å²) in [5.74, 6) is 1.52. The van der Waals surface area contributed by atoms with Crippen LogP contribution >= 0.6 is 11.6 Å².